The van der Waals surface area contributed by atoms with E-state index in [0.29, 0.717) is 0 Å². The molecule has 15 heavy (non-hydrogen) atoms. The maximum Gasteiger partial charge on any atom is 0.130 e. The Morgan fingerprint density at radius 2 is 1.80 bits per heavy atom. The van der Waals surface area contributed by atoms with Gasteiger partial charge in [-0.1, -0.05) is 6.07 Å². The zero-order valence-electron chi connectivity index (χ0n) is 8.80. The molecule has 1 aromatic carbocycles. The summed E-state index contributed by atoms with van der Waals surface area (Å²) < 4.78 is 26.6. The lowest BCUT2D eigenvalue weighted by molar-refractivity contribution is 0.241. The van der Waals surface area contributed by atoms with Gasteiger partial charge in [-0.25, -0.2) is 8.78 Å². The van der Waals surface area contributed by atoms with E-state index in [2.05, 4.69) is 5.32 Å². The molecule has 0 heterocycles. The van der Waals surface area contributed by atoms with Gasteiger partial charge in [-0.2, -0.15) is 0 Å². The molecule has 0 aliphatic carbocycles. The Labute approximate surface area is 87.9 Å². The van der Waals surface area contributed by atoms with Crippen LogP contribution >= 0.6 is 0 Å². The summed E-state index contributed by atoms with van der Waals surface area (Å²) in [6, 6.07) is 3.11. The highest BCUT2D eigenvalue weighted by atomic mass is 19.1. The van der Waals surface area contributed by atoms with Gasteiger partial charge < -0.3 is 10.4 Å². The molecule has 0 amide bonds. The molecule has 84 valence electrons. The van der Waals surface area contributed by atoms with Gasteiger partial charge in [-0.15, -0.1) is 0 Å². The molecular weight excluding hydrogens is 200 g/mol. The van der Waals surface area contributed by atoms with Crippen LogP contribution in [0.3, 0.4) is 0 Å². The molecule has 2 N–H and O–H groups in total. The van der Waals surface area contributed by atoms with Crippen molar-refractivity contribution in [3.8, 4) is 0 Å². The van der Waals surface area contributed by atoms with Crippen LogP contribution in [0.25, 0.3) is 0 Å². The van der Waals surface area contributed by atoms with E-state index >= 15 is 0 Å². The molecule has 0 saturated heterocycles. The molecule has 2 unspecified atom stereocenters. The first-order valence-electron chi connectivity index (χ1n) is 4.87. The lowest BCUT2D eigenvalue weighted by Crippen LogP contribution is -2.32. The fourth-order valence-corrected chi connectivity index (χ4v) is 1.49. The Bertz CT molecular complexity index is 310. The minimum absolute atomic E-state index is 0.0119. The van der Waals surface area contributed by atoms with Gasteiger partial charge in [0.2, 0.25) is 0 Å². The van der Waals surface area contributed by atoms with Crippen molar-refractivity contribution in [2.75, 3.05) is 6.61 Å². The van der Waals surface area contributed by atoms with Crippen molar-refractivity contribution < 1.29 is 13.9 Å². The smallest absolute Gasteiger partial charge is 0.130 e. The Morgan fingerprint density at radius 1 is 1.27 bits per heavy atom. The van der Waals surface area contributed by atoms with Crippen LogP contribution in [0.15, 0.2) is 18.2 Å². The molecule has 0 aliphatic heterocycles. The molecule has 2 atom stereocenters. The number of aliphatic hydroxyl groups is 1. The topological polar surface area (TPSA) is 32.3 Å². The van der Waals surface area contributed by atoms with Crippen LogP contribution in [0, 0.1) is 11.6 Å². The van der Waals surface area contributed by atoms with Gasteiger partial charge in [0.15, 0.2) is 0 Å². The lowest BCUT2D eigenvalue weighted by Gasteiger charge is -2.19. The number of hydrogen-bond donors (Lipinski definition) is 2. The fourth-order valence-electron chi connectivity index (χ4n) is 1.49. The normalized spacial score (nSPS) is 15.0. The summed E-state index contributed by atoms with van der Waals surface area (Å²) in [5.41, 5.74) is 0.0119. The van der Waals surface area contributed by atoms with Crippen molar-refractivity contribution in [1.29, 1.82) is 0 Å². The molecule has 0 bridgehead atoms. The number of benzene rings is 1. The van der Waals surface area contributed by atoms with Crippen molar-refractivity contribution in [3.05, 3.63) is 35.4 Å². The van der Waals surface area contributed by atoms with Crippen LogP contribution in [0.2, 0.25) is 0 Å². The summed E-state index contributed by atoms with van der Waals surface area (Å²) in [7, 11) is 0. The van der Waals surface area contributed by atoms with Crippen molar-refractivity contribution in [2.45, 2.75) is 25.9 Å². The average Bonchev–Trinajstić information content (AvgIpc) is 2.17. The highest BCUT2D eigenvalue weighted by molar-refractivity contribution is 5.22. The molecule has 2 nitrogen and oxygen atoms in total. The van der Waals surface area contributed by atoms with Crippen molar-refractivity contribution >= 4 is 0 Å². The van der Waals surface area contributed by atoms with Gasteiger partial charge in [0.1, 0.15) is 11.6 Å². The summed E-state index contributed by atoms with van der Waals surface area (Å²) in [4.78, 5) is 0. The summed E-state index contributed by atoms with van der Waals surface area (Å²) in [5.74, 6) is -1.14. The molecule has 1 aromatic rings. The number of rotatable bonds is 4. The number of nitrogens with one attached hydrogen (secondary N) is 1. The number of aliphatic hydroxyl groups excluding tert-OH is 1. The molecule has 0 aliphatic rings. The fraction of sp³-hybridized carbons (Fsp3) is 0.455. The molecule has 0 aromatic heterocycles. The standard InChI is InChI=1S/C11H15F2NO/c1-7(6-15)14-8(2)11-9(12)4-3-5-10(11)13/h3-5,7-8,14-15H,6H2,1-2H3. The van der Waals surface area contributed by atoms with E-state index in [1.165, 1.54) is 18.2 Å². The lowest BCUT2D eigenvalue weighted by atomic mass is 10.1. The van der Waals surface area contributed by atoms with E-state index < -0.39 is 17.7 Å². The van der Waals surface area contributed by atoms with Crippen LogP contribution < -0.4 is 5.32 Å². The van der Waals surface area contributed by atoms with E-state index in [1.54, 1.807) is 13.8 Å². The largest absolute Gasteiger partial charge is 0.395 e. The van der Waals surface area contributed by atoms with Gasteiger partial charge in [0.25, 0.3) is 0 Å². The maximum atomic E-state index is 13.3. The molecule has 4 heteroatoms. The minimum Gasteiger partial charge on any atom is -0.395 e. The van der Waals surface area contributed by atoms with Gasteiger partial charge >= 0.3 is 0 Å². The monoisotopic (exact) mass is 215 g/mol. The van der Waals surface area contributed by atoms with Crippen molar-refractivity contribution in [3.63, 3.8) is 0 Å². The highest BCUT2D eigenvalue weighted by Crippen LogP contribution is 2.20. The first-order valence-corrected chi connectivity index (χ1v) is 4.87. The SMILES string of the molecule is CC(CO)NC(C)c1c(F)cccc1F. The first kappa shape index (κ1) is 12.1. The van der Waals surface area contributed by atoms with E-state index in [1.807, 2.05) is 0 Å². The van der Waals surface area contributed by atoms with Crippen LogP contribution in [0.4, 0.5) is 8.78 Å². The Kier molecular flexibility index (Phi) is 4.17. The van der Waals surface area contributed by atoms with Crippen molar-refractivity contribution in [1.82, 2.24) is 5.32 Å². The summed E-state index contributed by atoms with van der Waals surface area (Å²) in [6.07, 6.45) is 0. The summed E-state index contributed by atoms with van der Waals surface area (Å²) in [5, 5.41) is 11.7. The third-order valence-electron chi connectivity index (χ3n) is 2.24. The molecule has 1 rings (SSSR count). The number of hydrogen-bond acceptors (Lipinski definition) is 2. The van der Waals surface area contributed by atoms with Gasteiger partial charge in [-0.3, -0.25) is 0 Å². The van der Waals surface area contributed by atoms with Crippen LogP contribution in [-0.4, -0.2) is 17.8 Å². The second-order valence-corrected chi connectivity index (χ2v) is 3.61. The van der Waals surface area contributed by atoms with Gasteiger partial charge in [0, 0.05) is 17.6 Å². The second-order valence-electron chi connectivity index (χ2n) is 3.61. The van der Waals surface area contributed by atoms with E-state index in [0.717, 1.165) is 0 Å². The summed E-state index contributed by atoms with van der Waals surface area (Å²) >= 11 is 0. The Morgan fingerprint density at radius 3 is 2.27 bits per heavy atom. The average molecular weight is 215 g/mol. The van der Waals surface area contributed by atoms with Crippen molar-refractivity contribution in [2.24, 2.45) is 0 Å². The van der Waals surface area contributed by atoms with E-state index in [9.17, 15) is 8.78 Å². The van der Waals surface area contributed by atoms with E-state index in [-0.39, 0.29) is 18.2 Å². The van der Waals surface area contributed by atoms with Crippen LogP contribution in [0.5, 0.6) is 0 Å². The first-order chi connectivity index (χ1) is 7.06. The van der Waals surface area contributed by atoms with Crippen LogP contribution in [0.1, 0.15) is 25.5 Å². The Balaban J connectivity index is 2.86. The van der Waals surface area contributed by atoms with E-state index in [4.69, 9.17) is 5.11 Å². The third kappa shape index (κ3) is 2.97. The summed E-state index contributed by atoms with van der Waals surface area (Å²) in [6.45, 7) is 3.34. The zero-order chi connectivity index (χ0) is 11.4. The Hall–Kier alpha value is -1.00. The maximum absolute atomic E-state index is 13.3. The highest BCUT2D eigenvalue weighted by Gasteiger charge is 2.16. The van der Waals surface area contributed by atoms with Crippen LogP contribution in [-0.2, 0) is 0 Å². The molecule has 0 saturated carbocycles. The molecule has 0 fully saturated rings. The predicted molar refractivity (Wildman–Crippen MR) is 54.5 cm³/mol. The molecular formula is C11H15F2NO. The predicted octanol–water partition coefficient (Wildman–Crippen LogP) is 2.00. The van der Waals surface area contributed by atoms with Gasteiger partial charge in [0.05, 0.1) is 6.61 Å². The minimum atomic E-state index is -0.569. The molecule has 0 spiro atoms. The third-order valence-corrected chi connectivity index (χ3v) is 2.24. The second kappa shape index (κ2) is 5.19. The number of halogens is 2. The molecule has 0 radical (unpaired) electrons. The van der Waals surface area contributed by atoms with Gasteiger partial charge in [-0.05, 0) is 26.0 Å². The quantitative estimate of drug-likeness (QED) is 0.805. The zero-order valence-corrected chi connectivity index (χ0v) is 8.80.